The summed E-state index contributed by atoms with van der Waals surface area (Å²) in [5.41, 5.74) is 20.4. The van der Waals surface area contributed by atoms with Gasteiger partial charge >= 0.3 is 5.97 Å². The Kier molecular flexibility index (Phi) is 34.4. The maximum Gasteiger partial charge on any atom is 0.311 e. The number of carbonyl (C=O) groups excluding carboxylic acids is 1. The number of benzene rings is 11. The summed E-state index contributed by atoms with van der Waals surface area (Å²) in [5, 5.41) is 4.46. The standard InChI is InChI=1S/C105H111N3O21/c1-73(101(109)119-68-83-53-31-11-32-54-83)58-120-103-91(107-108-106)96(93-89(123-103)72-121-102(127-93)84-55-33-12-34-56-84)129-105-100(118-67-82-51-29-10-30-52-82)98(116-65-80-47-25-8-26-48-80)95(88(125-105)71-112-61-76-39-17-4-18-40-76)128-104-99(117-66-81-49-27-9-28-50-81)97(115-64-79-45-23-7-24-46-79)94(87(124-104)70-111-60-75-37-15-3-16-38-75)126-90-57-85(113-62-77-41-19-5-20-42-77)92(114-63-78-43-21-6-22-44-78)86(122-90)69-110-59-74-35-13-2-14-36-74/h2-56,73,85-100,102-105H,57-72H2,1H3/t73-,85?,86?,87?,88?,89?,90?,91?,92?,93?,94?,95?,96?,97?,98?,99?,100?,102?,103?,104?,105?/m1/s1. The smallest absolute Gasteiger partial charge is 0.311 e. The van der Waals surface area contributed by atoms with Crippen molar-refractivity contribution >= 4 is 5.97 Å². The van der Waals surface area contributed by atoms with Crippen molar-refractivity contribution in [1.82, 2.24) is 0 Å². The SMILES string of the molecule is C[C@H](COC1OC2COC(c3ccccc3)OC2C(OC2OC(COCc3ccccc3)C(OC3OC(COCc4ccccc4)C(OC4CC(OCc5ccccc5)C(OCc5ccccc5)C(COCc5ccccc5)O4)C(OCc4ccccc4)C3OCc3ccccc3)C(OCc3ccccc3)C2OCc2ccccc2)C1N=[N+]=[N-])C(=O)OCc1ccccc1. The van der Waals surface area contributed by atoms with E-state index in [1.807, 2.05) is 334 Å². The van der Waals surface area contributed by atoms with Crippen LogP contribution in [0.1, 0.15) is 80.8 Å². The van der Waals surface area contributed by atoms with E-state index in [9.17, 15) is 10.3 Å². The van der Waals surface area contributed by atoms with Crippen LogP contribution in [0.4, 0.5) is 0 Å². The number of azide groups is 1. The molecule has 0 radical (unpaired) electrons. The predicted octanol–water partition coefficient (Wildman–Crippen LogP) is 17.8. The predicted molar refractivity (Wildman–Crippen MR) is 477 cm³/mol. The highest BCUT2D eigenvalue weighted by molar-refractivity contribution is 5.72. The third-order valence-corrected chi connectivity index (χ3v) is 23.2. The van der Waals surface area contributed by atoms with Crippen LogP contribution in [0.5, 0.6) is 0 Å². The van der Waals surface area contributed by atoms with Crippen LogP contribution in [0.15, 0.2) is 339 Å². The minimum atomic E-state index is -1.47. The average molecular weight is 1750 g/mol. The first-order valence-corrected chi connectivity index (χ1v) is 44.3. The van der Waals surface area contributed by atoms with E-state index in [0.717, 1.165) is 55.6 Å². The van der Waals surface area contributed by atoms with Gasteiger partial charge in [-0.2, -0.15) is 0 Å². The van der Waals surface area contributed by atoms with E-state index < -0.39 is 135 Å². The lowest BCUT2D eigenvalue weighted by atomic mass is 9.94. The molecule has 5 fully saturated rings. The maximum absolute atomic E-state index is 13.8. The van der Waals surface area contributed by atoms with Crippen molar-refractivity contribution in [3.8, 4) is 0 Å². The second-order valence-electron chi connectivity index (χ2n) is 32.6. The molecule has 24 nitrogen and oxygen atoms in total. The molecule has 11 aromatic carbocycles. The number of carbonyl (C=O) groups is 1. The van der Waals surface area contributed by atoms with Gasteiger partial charge in [-0.05, 0) is 68.1 Å². The van der Waals surface area contributed by atoms with Crippen molar-refractivity contribution in [1.29, 1.82) is 0 Å². The lowest BCUT2D eigenvalue weighted by molar-refractivity contribution is -0.401. The van der Waals surface area contributed by atoms with Crippen molar-refractivity contribution < 1.29 is 99.5 Å². The Morgan fingerprint density at radius 2 is 0.682 bits per heavy atom. The zero-order valence-corrected chi connectivity index (χ0v) is 72.1. The highest BCUT2D eigenvalue weighted by Crippen LogP contribution is 2.43. The highest BCUT2D eigenvalue weighted by Gasteiger charge is 2.59. The van der Waals surface area contributed by atoms with E-state index in [2.05, 4.69) is 10.0 Å². The molecule has 5 aliphatic rings. The molecule has 672 valence electrons. The number of fused-ring (bicyclic) bond motifs is 1. The van der Waals surface area contributed by atoms with Crippen LogP contribution in [0.25, 0.3) is 10.4 Å². The van der Waals surface area contributed by atoms with Gasteiger partial charge in [-0.15, -0.1) is 0 Å². The van der Waals surface area contributed by atoms with Crippen LogP contribution >= 0.6 is 0 Å². The number of esters is 1. The minimum Gasteiger partial charge on any atom is -0.461 e. The largest absolute Gasteiger partial charge is 0.461 e. The zero-order valence-electron chi connectivity index (χ0n) is 72.1. The van der Waals surface area contributed by atoms with Crippen LogP contribution in [0, 0.1) is 5.92 Å². The third kappa shape index (κ3) is 26.4. The van der Waals surface area contributed by atoms with Gasteiger partial charge in [0.05, 0.1) is 105 Å². The van der Waals surface area contributed by atoms with Gasteiger partial charge in [-0.3, -0.25) is 4.79 Å². The number of nitrogens with zero attached hydrogens (tertiary/aromatic N) is 3. The Hall–Kier alpha value is -10.6. The fraction of sp³-hybridized carbons (Fsp3) is 0.362. The first-order valence-electron chi connectivity index (χ1n) is 44.3. The summed E-state index contributed by atoms with van der Waals surface area (Å²) in [5.74, 6) is -1.34. The molecular weight excluding hydrogens is 1640 g/mol. The highest BCUT2D eigenvalue weighted by atomic mass is 16.8. The lowest BCUT2D eigenvalue weighted by Crippen LogP contribution is -2.68. The summed E-state index contributed by atoms with van der Waals surface area (Å²) in [6.07, 6.45) is -20.7. The summed E-state index contributed by atoms with van der Waals surface area (Å²) >= 11 is 0. The topological polar surface area (TPSA) is 250 Å². The molecule has 5 heterocycles. The normalized spacial score (nSPS) is 26.5. The monoisotopic (exact) mass is 1750 g/mol. The van der Waals surface area contributed by atoms with E-state index in [1.165, 1.54) is 0 Å². The van der Waals surface area contributed by atoms with Gasteiger partial charge in [-0.25, -0.2) is 0 Å². The quantitative estimate of drug-likeness (QED) is 0.0149. The molecule has 24 heteroatoms. The second-order valence-corrected chi connectivity index (χ2v) is 32.6. The van der Waals surface area contributed by atoms with Gasteiger partial charge in [0.15, 0.2) is 31.5 Å². The first kappa shape index (κ1) is 91.7. The van der Waals surface area contributed by atoms with Crippen molar-refractivity contribution in [3.63, 3.8) is 0 Å². The van der Waals surface area contributed by atoms with Crippen LogP contribution in [0.3, 0.4) is 0 Å². The Morgan fingerprint density at radius 3 is 1.08 bits per heavy atom. The molecule has 0 aromatic heterocycles. The Labute approximate surface area is 753 Å². The second kappa shape index (κ2) is 48.4. The van der Waals surface area contributed by atoms with Crippen molar-refractivity contribution in [2.45, 2.75) is 202 Å². The molecule has 0 spiro atoms. The molecule has 11 aromatic rings. The van der Waals surface area contributed by atoms with Crippen molar-refractivity contribution in [2.75, 3.05) is 33.0 Å². The zero-order chi connectivity index (χ0) is 87.8. The van der Waals surface area contributed by atoms with Gasteiger partial charge in [0, 0.05) is 16.9 Å². The lowest BCUT2D eigenvalue weighted by Gasteiger charge is -2.52. The maximum atomic E-state index is 13.8. The molecule has 5 saturated heterocycles. The molecule has 16 rings (SSSR count). The van der Waals surface area contributed by atoms with E-state index in [-0.39, 0.29) is 98.9 Å². The summed E-state index contributed by atoms with van der Waals surface area (Å²) < 4.78 is 144. The average Bonchev–Trinajstić information content (AvgIpc) is 0.765. The van der Waals surface area contributed by atoms with Crippen LogP contribution in [-0.4, -0.2) is 156 Å². The van der Waals surface area contributed by atoms with Crippen LogP contribution in [0.2, 0.25) is 0 Å². The molecular formula is C105H111N3O21. The molecule has 0 saturated carbocycles. The fourth-order valence-electron chi connectivity index (χ4n) is 16.5. The summed E-state index contributed by atoms with van der Waals surface area (Å²) in [6, 6.07) is 107. The Morgan fingerprint density at radius 1 is 0.349 bits per heavy atom. The molecule has 0 aliphatic carbocycles. The fourth-order valence-corrected chi connectivity index (χ4v) is 16.5. The van der Waals surface area contributed by atoms with E-state index >= 15 is 0 Å². The number of hydrogen-bond acceptors (Lipinski definition) is 22. The van der Waals surface area contributed by atoms with Crippen LogP contribution in [-0.2, 0) is 166 Å². The Bertz CT molecular complexity index is 5090. The third-order valence-electron chi connectivity index (χ3n) is 23.2. The number of rotatable bonds is 44. The van der Waals surface area contributed by atoms with Crippen LogP contribution < -0.4 is 0 Å². The van der Waals surface area contributed by atoms with Gasteiger partial charge in [0.2, 0.25) is 0 Å². The number of hydrogen-bond donors (Lipinski definition) is 0. The van der Waals surface area contributed by atoms with Crippen molar-refractivity contribution in [2.24, 2.45) is 11.0 Å². The minimum absolute atomic E-state index is 0.00725. The van der Waals surface area contributed by atoms with E-state index in [4.69, 9.17) is 94.7 Å². The summed E-state index contributed by atoms with van der Waals surface area (Å²) in [4.78, 5) is 17.3. The molecule has 21 atom stereocenters. The van der Waals surface area contributed by atoms with Gasteiger partial charge in [-0.1, -0.05) is 339 Å². The molecule has 0 bridgehead atoms. The Balaban J connectivity index is 0.802. The van der Waals surface area contributed by atoms with Crippen molar-refractivity contribution in [3.05, 3.63) is 405 Å². The molecule has 20 unspecified atom stereocenters. The van der Waals surface area contributed by atoms with Gasteiger partial charge in [0.25, 0.3) is 0 Å². The molecule has 0 N–H and O–H groups in total. The number of ether oxygens (including phenoxy) is 20. The van der Waals surface area contributed by atoms with Gasteiger partial charge < -0.3 is 94.7 Å². The summed E-state index contributed by atoms with van der Waals surface area (Å²) in [6.45, 7) is 2.57. The summed E-state index contributed by atoms with van der Waals surface area (Å²) in [7, 11) is 0. The molecule has 0 amide bonds. The van der Waals surface area contributed by atoms with Gasteiger partial charge in [0.1, 0.15) is 92.0 Å². The molecule has 5 aliphatic heterocycles. The van der Waals surface area contributed by atoms with E-state index in [1.54, 1.807) is 6.92 Å². The molecule has 129 heavy (non-hydrogen) atoms. The van der Waals surface area contributed by atoms with E-state index in [0.29, 0.717) is 12.2 Å². The first-order chi connectivity index (χ1) is 63.7.